The number of aromatic nitrogens is 2. The van der Waals surface area contributed by atoms with E-state index >= 15 is 0 Å². The first-order valence-corrected chi connectivity index (χ1v) is 8.53. The SMILES string of the molecule is CCN(CCOc1ncccn1)C(=O)/C(C#N)=C(\O)c1cc(O)c(O)c([N+](=O)[O-])c1. The number of nitrogens with zero attached hydrogens (tertiary/aromatic N) is 5. The normalized spacial score (nSPS) is 11.2. The van der Waals surface area contributed by atoms with Gasteiger partial charge in [0.25, 0.3) is 5.91 Å². The van der Waals surface area contributed by atoms with Crippen LogP contribution in [0, 0.1) is 21.4 Å². The number of hydrogen-bond donors (Lipinski definition) is 3. The number of phenols is 2. The molecule has 30 heavy (non-hydrogen) atoms. The maximum atomic E-state index is 12.7. The zero-order valence-electron chi connectivity index (χ0n) is 15.7. The van der Waals surface area contributed by atoms with Crippen molar-refractivity contribution in [3.63, 3.8) is 0 Å². The summed E-state index contributed by atoms with van der Waals surface area (Å²) in [6.45, 7) is 1.85. The molecule has 1 amide bonds. The van der Waals surface area contributed by atoms with Crippen LogP contribution in [0.25, 0.3) is 5.76 Å². The molecule has 0 fully saturated rings. The Hall–Kier alpha value is -4.40. The Morgan fingerprint density at radius 1 is 1.33 bits per heavy atom. The summed E-state index contributed by atoms with van der Waals surface area (Å²) in [5.41, 5.74) is -1.98. The second-order valence-corrected chi connectivity index (χ2v) is 5.72. The van der Waals surface area contributed by atoms with Crippen LogP contribution < -0.4 is 4.74 Å². The number of ether oxygens (including phenoxy) is 1. The number of nitriles is 1. The number of rotatable bonds is 8. The van der Waals surface area contributed by atoms with E-state index in [4.69, 9.17) is 4.74 Å². The zero-order chi connectivity index (χ0) is 22.3. The van der Waals surface area contributed by atoms with Gasteiger partial charge in [-0.15, -0.1) is 0 Å². The molecule has 0 aliphatic heterocycles. The number of nitro benzene ring substituents is 1. The van der Waals surface area contributed by atoms with Gasteiger partial charge in [-0.25, -0.2) is 9.97 Å². The van der Waals surface area contributed by atoms with E-state index in [0.717, 1.165) is 12.1 Å². The van der Waals surface area contributed by atoms with E-state index in [1.54, 1.807) is 19.1 Å². The summed E-state index contributed by atoms with van der Waals surface area (Å²) in [7, 11) is 0. The minimum absolute atomic E-state index is 0.00847. The first kappa shape index (κ1) is 21.9. The van der Waals surface area contributed by atoms with Gasteiger partial charge in [0.05, 0.1) is 11.5 Å². The highest BCUT2D eigenvalue weighted by Crippen LogP contribution is 2.38. The van der Waals surface area contributed by atoms with Gasteiger partial charge in [0.1, 0.15) is 18.4 Å². The molecule has 12 heteroatoms. The monoisotopic (exact) mass is 415 g/mol. The summed E-state index contributed by atoms with van der Waals surface area (Å²) >= 11 is 0. The number of hydrogen-bond acceptors (Lipinski definition) is 10. The standard InChI is InChI=1S/C18H17N5O7/c1-2-22(6-7-30-18-20-4-3-5-21-18)17(27)12(10-19)15(25)11-8-13(23(28)29)16(26)14(24)9-11/h3-5,8-9,24-26H,2,6-7H2,1H3/b15-12-. The van der Waals surface area contributed by atoms with Crippen molar-refractivity contribution in [1.29, 1.82) is 5.26 Å². The van der Waals surface area contributed by atoms with Gasteiger partial charge < -0.3 is 25.0 Å². The Balaban J connectivity index is 2.27. The van der Waals surface area contributed by atoms with E-state index in [1.165, 1.54) is 17.3 Å². The first-order chi connectivity index (χ1) is 14.3. The van der Waals surface area contributed by atoms with E-state index in [-0.39, 0.29) is 31.3 Å². The van der Waals surface area contributed by atoms with Gasteiger partial charge in [0, 0.05) is 30.6 Å². The second kappa shape index (κ2) is 9.69. The molecule has 0 radical (unpaired) electrons. The van der Waals surface area contributed by atoms with Crippen LogP contribution in [0.2, 0.25) is 0 Å². The molecule has 2 aromatic rings. The lowest BCUT2D eigenvalue weighted by Gasteiger charge is -2.20. The van der Waals surface area contributed by atoms with Crippen molar-refractivity contribution >= 4 is 17.4 Å². The van der Waals surface area contributed by atoms with Crippen molar-refractivity contribution in [2.24, 2.45) is 0 Å². The lowest BCUT2D eigenvalue weighted by atomic mass is 10.1. The van der Waals surface area contributed by atoms with Gasteiger partial charge in [-0.3, -0.25) is 14.9 Å². The molecule has 0 spiro atoms. The predicted molar refractivity (Wildman–Crippen MR) is 101 cm³/mol. The Morgan fingerprint density at radius 3 is 2.57 bits per heavy atom. The van der Waals surface area contributed by atoms with E-state index in [0.29, 0.717) is 0 Å². The Kier molecular flexibility index (Phi) is 7.07. The fraction of sp³-hybridized carbons (Fsp3) is 0.222. The smallest absolute Gasteiger partial charge is 0.316 e. The van der Waals surface area contributed by atoms with Crippen molar-refractivity contribution in [1.82, 2.24) is 14.9 Å². The number of aliphatic hydroxyl groups excluding tert-OH is 1. The number of amides is 1. The van der Waals surface area contributed by atoms with Crippen LogP contribution in [0.3, 0.4) is 0 Å². The first-order valence-electron chi connectivity index (χ1n) is 8.53. The van der Waals surface area contributed by atoms with E-state index in [9.17, 15) is 35.5 Å². The van der Waals surface area contributed by atoms with Gasteiger partial charge in [-0.1, -0.05) is 0 Å². The van der Waals surface area contributed by atoms with Crippen molar-refractivity contribution in [3.05, 3.63) is 51.8 Å². The Bertz CT molecular complexity index is 1020. The molecule has 1 heterocycles. The molecule has 0 unspecified atom stereocenters. The van der Waals surface area contributed by atoms with Crippen LogP contribution in [0.1, 0.15) is 12.5 Å². The average molecular weight is 415 g/mol. The summed E-state index contributed by atoms with van der Waals surface area (Å²) in [5, 5.41) is 49.9. The topological polar surface area (TPSA) is 183 Å². The average Bonchev–Trinajstić information content (AvgIpc) is 2.73. The van der Waals surface area contributed by atoms with Gasteiger partial charge >= 0.3 is 11.7 Å². The number of aliphatic hydroxyl groups is 1. The summed E-state index contributed by atoms with van der Waals surface area (Å²) in [4.78, 5) is 31.6. The third-order valence-electron chi connectivity index (χ3n) is 3.91. The fourth-order valence-electron chi connectivity index (χ4n) is 2.39. The maximum absolute atomic E-state index is 12.7. The highest BCUT2D eigenvalue weighted by atomic mass is 16.6. The summed E-state index contributed by atoms with van der Waals surface area (Å²) in [6.07, 6.45) is 2.96. The molecule has 156 valence electrons. The molecule has 0 saturated heterocycles. The molecule has 3 N–H and O–H groups in total. The van der Waals surface area contributed by atoms with Crippen LogP contribution in [0.5, 0.6) is 17.5 Å². The molecule has 0 saturated carbocycles. The van der Waals surface area contributed by atoms with Gasteiger partial charge in [0.2, 0.25) is 5.75 Å². The molecule has 0 aliphatic carbocycles. The molecule has 12 nitrogen and oxygen atoms in total. The van der Waals surface area contributed by atoms with E-state index in [2.05, 4.69) is 9.97 Å². The molecule has 1 aromatic carbocycles. The molecule has 0 atom stereocenters. The van der Waals surface area contributed by atoms with Crippen molar-refractivity contribution < 1.29 is 29.8 Å². The molecular weight excluding hydrogens is 398 g/mol. The van der Waals surface area contributed by atoms with Crippen LogP contribution in [0.15, 0.2) is 36.2 Å². The minimum atomic E-state index is -1.00. The van der Waals surface area contributed by atoms with Crippen molar-refractivity contribution in [2.75, 3.05) is 19.7 Å². The van der Waals surface area contributed by atoms with Gasteiger partial charge in [-0.05, 0) is 19.1 Å². The fourth-order valence-corrected chi connectivity index (χ4v) is 2.39. The second-order valence-electron chi connectivity index (χ2n) is 5.72. The van der Waals surface area contributed by atoms with Crippen LogP contribution >= 0.6 is 0 Å². The maximum Gasteiger partial charge on any atom is 0.316 e. The summed E-state index contributed by atoms with van der Waals surface area (Å²) < 4.78 is 5.30. The van der Waals surface area contributed by atoms with Crippen LogP contribution in [0.4, 0.5) is 5.69 Å². The zero-order valence-corrected chi connectivity index (χ0v) is 15.7. The molecule has 0 aliphatic rings. The van der Waals surface area contributed by atoms with Crippen LogP contribution in [-0.4, -0.2) is 60.7 Å². The summed E-state index contributed by atoms with van der Waals surface area (Å²) in [5.74, 6) is -3.63. The highest BCUT2D eigenvalue weighted by molar-refractivity contribution is 6.03. The summed E-state index contributed by atoms with van der Waals surface area (Å²) in [6, 6.07) is 4.81. The molecule has 1 aromatic heterocycles. The number of benzene rings is 1. The van der Waals surface area contributed by atoms with Gasteiger partial charge in [0.15, 0.2) is 11.3 Å². The third-order valence-corrected chi connectivity index (χ3v) is 3.91. The number of carbonyl (C=O) groups is 1. The van der Waals surface area contributed by atoms with Gasteiger partial charge in [-0.2, -0.15) is 5.26 Å². The molecule has 0 bridgehead atoms. The van der Waals surface area contributed by atoms with E-state index in [1.807, 2.05) is 0 Å². The number of nitro groups is 1. The quantitative estimate of drug-likeness (QED) is 0.143. The number of likely N-dealkylation sites (N-methyl/N-ethyl adjacent to an activating group) is 1. The molecule has 2 rings (SSSR count). The van der Waals surface area contributed by atoms with Crippen molar-refractivity contribution in [2.45, 2.75) is 6.92 Å². The predicted octanol–water partition coefficient (Wildman–Crippen LogP) is 1.52. The Morgan fingerprint density at radius 2 is 2.00 bits per heavy atom. The number of aromatic hydroxyl groups is 2. The lowest BCUT2D eigenvalue weighted by Crippen LogP contribution is -2.35. The highest BCUT2D eigenvalue weighted by Gasteiger charge is 2.25. The van der Waals surface area contributed by atoms with E-state index < -0.39 is 39.3 Å². The lowest BCUT2D eigenvalue weighted by molar-refractivity contribution is -0.386. The molecular formula is C18H17N5O7. The number of phenolic OH excluding ortho intramolecular Hbond substituents is 2. The Labute approximate surface area is 170 Å². The van der Waals surface area contributed by atoms with Crippen LogP contribution in [-0.2, 0) is 4.79 Å². The number of carbonyl (C=O) groups excluding carboxylic acids is 1. The van der Waals surface area contributed by atoms with Crippen molar-refractivity contribution in [3.8, 4) is 23.6 Å². The third kappa shape index (κ3) is 4.90. The largest absolute Gasteiger partial charge is 0.506 e. The minimum Gasteiger partial charge on any atom is -0.506 e.